The van der Waals surface area contributed by atoms with Crippen molar-refractivity contribution >= 4 is 34.2 Å². The molecule has 0 spiro atoms. The van der Waals surface area contributed by atoms with Crippen LogP contribution in [-0.4, -0.2) is 67.6 Å². The van der Waals surface area contributed by atoms with Crippen molar-refractivity contribution in [1.82, 2.24) is 4.90 Å². The van der Waals surface area contributed by atoms with Gasteiger partial charge in [-0.25, -0.2) is 18.0 Å². The molecule has 0 aliphatic heterocycles. The molecule has 0 unspecified atom stereocenters. The summed E-state index contributed by atoms with van der Waals surface area (Å²) >= 11 is 0. The van der Waals surface area contributed by atoms with Gasteiger partial charge in [-0.15, -0.1) is 12.4 Å². The molecule has 0 saturated heterocycles. The van der Waals surface area contributed by atoms with Crippen LogP contribution in [-0.2, 0) is 19.4 Å². The van der Waals surface area contributed by atoms with Gasteiger partial charge < -0.3 is 15.1 Å². The Morgan fingerprint density at radius 3 is 1.95 bits per heavy atom. The molecule has 20 heavy (non-hydrogen) atoms. The number of hydrogen-bond acceptors (Lipinski definition) is 5. The van der Waals surface area contributed by atoms with Crippen molar-refractivity contribution in [2.45, 2.75) is 13.3 Å². The van der Waals surface area contributed by atoms with Crippen molar-refractivity contribution in [3.8, 4) is 0 Å². The Kier molecular flexibility index (Phi) is 9.46. The van der Waals surface area contributed by atoms with Gasteiger partial charge in [-0.05, 0) is 20.4 Å². The third-order valence-corrected chi connectivity index (χ3v) is 3.54. The average Bonchev–Trinajstić information content (AvgIpc) is 2.24. The number of carboxylic acids is 2. The van der Waals surface area contributed by atoms with Crippen molar-refractivity contribution in [2.75, 3.05) is 32.1 Å². The first-order chi connectivity index (χ1) is 8.54. The largest absolute Gasteiger partial charge is 0.478 e. The van der Waals surface area contributed by atoms with E-state index in [4.69, 9.17) is 10.2 Å². The van der Waals surface area contributed by atoms with Crippen molar-refractivity contribution in [3.05, 3.63) is 11.1 Å². The van der Waals surface area contributed by atoms with Crippen molar-refractivity contribution in [2.24, 2.45) is 0 Å². The van der Waals surface area contributed by atoms with Gasteiger partial charge in [0.05, 0.1) is 5.75 Å². The van der Waals surface area contributed by atoms with Gasteiger partial charge in [-0.2, -0.15) is 0 Å². The standard InChI is InChI=1S/C11H19NO6S.ClH/c1-8(10(13)14)9(11(15)16)4-5-12(2)6-7-19(3,17)18;/h4-7H2,1-3H3,(H,13,14)(H,15,16);1H/b9-8+;. The van der Waals surface area contributed by atoms with E-state index < -0.39 is 21.8 Å². The van der Waals surface area contributed by atoms with Gasteiger partial charge >= 0.3 is 11.9 Å². The minimum atomic E-state index is -3.07. The van der Waals surface area contributed by atoms with Gasteiger partial charge in [0.25, 0.3) is 0 Å². The molecule has 0 aromatic rings. The van der Waals surface area contributed by atoms with Crippen LogP contribution in [0.15, 0.2) is 11.1 Å². The summed E-state index contributed by atoms with van der Waals surface area (Å²) in [6.45, 7) is 1.79. The first kappa shape index (κ1) is 21.2. The number of hydrogen-bond donors (Lipinski definition) is 2. The third-order valence-electron chi connectivity index (χ3n) is 2.62. The normalized spacial score (nSPS) is 12.6. The second kappa shape index (κ2) is 8.93. The molecule has 0 bridgehead atoms. The van der Waals surface area contributed by atoms with Crippen LogP contribution in [0.1, 0.15) is 13.3 Å². The molecule has 0 aromatic heterocycles. The van der Waals surface area contributed by atoms with Crippen LogP contribution < -0.4 is 0 Å². The first-order valence-electron chi connectivity index (χ1n) is 5.57. The summed E-state index contributed by atoms with van der Waals surface area (Å²) in [4.78, 5) is 23.3. The molecular weight excluding hydrogens is 310 g/mol. The molecule has 9 heteroatoms. The third kappa shape index (κ3) is 8.89. The molecule has 2 N–H and O–H groups in total. The Morgan fingerprint density at radius 1 is 1.10 bits per heavy atom. The maximum atomic E-state index is 11.0. The van der Waals surface area contributed by atoms with Crippen LogP contribution >= 0.6 is 12.4 Å². The zero-order valence-electron chi connectivity index (χ0n) is 11.6. The fourth-order valence-electron chi connectivity index (χ4n) is 1.32. The van der Waals surface area contributed by atoms with Crippen LogP contribution in [0.4, 0.5) is 0 Å². The highest BCUT2D eigenvalue weighted by Crippen LogP contribution is 2.10. The molecule has 0 heterocycles. The van der Waals surface area contributed by atoms with Gasteiger partial charge in [-0.3, -0.25) is 0 Å². The quantitative estimate of drug-likeness (QED) is 0.614. The Labute approximate surface area is 124 Å². The molecule has 0 rings (SSSR count). The number of carbonyl (C=O) groups is 2. The Morgan fingerprint density at radius 2 is 1.60 bits per heavy atom. The molecule has 0 amide bonds. The number of aliphatic carboxylic acids is 2. The maximum Gasteiger partial charge on any atom is 0.332 e. The number of rotatable bonds is 8. The van der Waals surface area contributed by atoms with Gasteiger partial charge in [-0.1, -0.05) is 0 Å². The molecular formula is C11H20ClNO6S. The van der Waals surface area contributed by atoms with E-state index in [1.807, 2.05) is 0 Å². The summed E-state index contributed by atoms with van der Waals surface area (Å²) in [5, 5.41) is 17.7. The summed E-state index contributed by atoms with van der Waals surface area (Å²) in [7, 11) is -1.41. The first-order valence-corrected chi connectivity index (χ1v) is 7.63. The number of carboxylic acid groups (broad SMARTS) is 2. The Hall–Kier alpha value is -1.12. The highest BCUT2D eigenvalue weighted by molar-refractivity contribution is 7.90. The number of halogens is 1. The zero-order chi connectivity index (χ0) is 15.2. The van der Waals surface area contributed by atoms with Crippen LogP contribution in [0, 0.1) is 0 Å². The van der Waals surface area contributed by atoms with Crippen LogP contribution in [0.3, 0.4) is 0 Å². The van der Waals surface area contributed by atoms with E-state index in [1.54, 1.807) is 11.9 Å². The molecule has 0 fully saturated rings. The highest BCUT2D eigenvalue weighted by atomic mass is 35.5. The molecule has 0 saturated carbocycles. The van der Waals surface area contributed by atoms with E-state index >= 15 is 0 Å². The molecule has 0 atom stereocenters. The van der Waals surface area contributed by atoms with Crippen molar-refractivity contribution in [3.63, 3.8) is 0 Å². The minimum absolute atomic E-state index is 0. The van der Waals surface area contributed by atoms with Crippen LogP contribution in [0.2, 0.25) is 0 Å². The monoisotopic (exact) mass is 329 g/mol. The molecule has 7 nitrogen and oxygen atoms in total. The molecule has 0 aliphatic rings. The summed E-state index contributed by atoms with van der Waals surface area (Å²) in [5.74, 6) is -2.55. The lowest BCUT2D eigenvalue weighted by molar-refractivity contribution is -0.136. The van der Waals surface area contributed by atoms with Crippen molar-refractivity contribution in [1.29, 1.82) is 0 Å². The fraction of sp³-hybridized carbons (Fsp3) is 0.636. The molecule has 0 aromatic carbocycles. The van der Waals surface area contributed by atoms with E-state index in [-0.39, 0.29) is 48.8 Å². The number of sulfone groups is 1. The zero-order valence-corrected chi connectivity index (χ0v) is 13.3. The van der Waals surface area contributed by atoms with E-state index in [1.165, 1.54) is 6.92 Å². The van der Waals surface area contributed by atoms with E-state index in [0.717, 1.165) is 6.26 Å². The number of nitrogens with zero attached hydrogens (tertiary/aromatic N) is 1. The Balaban J connectivity index is 0. The molecule has 118 valence electrons. The minimum Gasteiger partial charge on any atom is -0.478 e. The van der Waals surface area contributed by atoms with Gasteiger partial charge in [0.2, 0.25) is 0 Å². The maximum absolute atomic E-state index is 11.0. The second-order valence-corrected chi connectivity index (χ2v) is 6.66. The van der Waals surface area contributed by atoms with E-state index in [9.17, 15) is 18.0 Å². The van der Waals surface area contributed by atoms with E-state index in [0.29, 0.717) is 0 Å². The topological polar surface area (TPSA) is 112 Å². The van der Waals surface area contributed by atoms with Crippen LogP contribution in [0.25, 0.3) is 0 Å². The fourth-order valence-corrected chi connectivity index (χ4v) is 1.96. The summed E-state index contributed by atoms with van der Waals surface area (Å²) in [6.07, 6.45) is 1.17. The van der Waals surface area contributed by atoms with E-state index in [2.05, 4.69) is 0 Å². The smallest absolute Gasteiger partial charge is 0.332 e. The van der Waals surface area contributed by atoms with Crippen molar-refractivity contribution < 1.29 is 28.2 Å². The lowest BCUT2D eigenvalue weighted by atomic mass is 10.1. The molecule has 0 aliphatic carbocycles. The van der Waals surface area contributed by atoms with Gasteiger partial charge in [0.15, 0.2) is 0 Å². The predicted octanol–water partition coefficient (Wildman–Crippen LogP) is 0.260. The predicted molar refractivity (Wildman–Crippen MR) is 77.0 cm³/mol. The SMILES string of the molecule is C/C(C(=O)O)=C(/CCN(C)CCS(C)(=O)=O)C(=O)O.Cl. The van der Waals surface area contributed by atoms with Gasteiger partial charge in [0.1, 0.15) is 9.84 Å². The lowest BCUT2D eigenvalue weighted by Crippen LogP contribution is -2.27. The van der Waals surface area contributed by atoms with Crippen LogP contribution in [0.5, 0.6) is 0 Å². The lowest BCUT2D eigenvalue weighted by Gasteiger charge is -2.16. The summed E-state index contributed by atoms with van der Waals surface area (Å²) < 4.78 is 21.9. The highest BCUT2D eigenvalue weighted by Gasteiger charge is 2.17. The van der Waals surface area contributed by atoms with Gasteiger partial charge in [0, 0.05) is 30.5 Å². The second-order valence-electron chi connectivity index (χ2n) is 4.40. The summed E-state index contributed by atoms with van der Waals surface area (Å²) in [6, 6.07) is 0. The summed E-state index contributed by atoms with van der Waals surface area (Å²) in [5.41, 5.74) is -0.372. The Bertz CT molecular complexity index is 485. The average molecular weight is 330 g/mol. The molecule has 0 radical (unpaired) electrons.